The smallest absolute Gasteiger partial charge is 0.303 e. The van der Waals surface area contributed by atoms with Gasteiger partial charge in [-0.05, 0) is 76.0 Å². The van der Waals surface area contributed by atoms with Crippen molar-refractivity contribution in [2.75, 3.05) is 13.2 Å². The summed E-state index contributed by atoms with van der Waals surface area (Å²) in [4.78, 5) is 37.1. The molecule has 0 aromatic carbocycles. The molecule has 8 heteroatoms. The SMILES string of the molecule is CCCC[C@H]1CC[C@H]([C@H](C=C[C@H]2[C@H](OC3CCCCO3)CC(=O)[C@@H]2CC(=O)CCCCC(=O)O)OC2CCCCO2)C1. The van der Waals surface area contributed by atoms with Crippen LogP contribution in [0.2, 0.25) is 0 Å². The van der Waals surface area contributed by atoms with E-state index in [0.29, 0.717) is 31.8 Å². The molecule has 2 unspecified atom stereocenters. The van der Waals surface area contributed by atoms with Gasteiger partial charge in [0.05, 0.1) is 12.2 Å². The summed E-state index contributed by atoms with van der Waals surface area (Å²) >= 11 is 0. The first kappa shape index (κ1) is 33.3. The Morgan fingerprint density at radius 1 is 0.976 bits per heavy atom. The van der Waals surface area contributed by atoms with Crippen LogP contribution in [0.1, 0.15) is 122 Å². The molecule has 8 nitrogen and oxygen atoms in total. The maximum absolute atomic E-state index is 13.3. The van der Waals surface area contributed by atoms with E-state index in [2.05, 4.69) is 19.1 Å². The monoisotopic (exact) mass is 590 g/mol. The Morgan fingerprint density at radius 2 is 1.71 bits per heavy atom. The second-order valence-corrected chi connectivity index (χ2v) is 13.0. The van der Waals surface area contributed by atoms with E-state index < -0.39 is 11.9 Å². The number of rotatable bonds is 17. The van der Waals surface area contributed by atoms with Crippen molar-refractivity contribution in [3.63, 3.8) is 0 Å². The molecule has 42 heavy (non-hydrogen) atoms. The van der Waals surface area contributed by atoms with E-state index in [1.54, 1.807) is 0 Å². The molecular formula is C34H54O8. The van der Waals surface area contributed by atoms with Crippen LogP contribution in [0.4, 0.5) is 0 Å². The average molecular weight is 591 g/mol. The van der Waals surface area contributed by atoms with Crippen LogP contribution in [0, 0.1) is 23.7 Å². The van der Waals surface area contributed by atoms with E-state index >= 15 is 0 Å². The van der Waals surface area contributed by atoms with Crippen molar-refractivity contribution < 1.29 is 38.4 Å². The highest BCUT2D eigenvalue weighted by molar-refractivity contribution is 5.90. The summed E-state index contributed by atoms with van der Waals surface area (Å²) in [5.41, 5.74) is 0. The van der Waals surface area contributed by atoms with Gasteiger partial charge >= 0.3 is 5.97 Å². The van der Waals surface area contributed by atoms with Crippen molar-refractivity contribution >= 4 is 17.5 Å². The molecule has 2 saturated carbocycles. The van der Waals surface area contributed by atoms with Crippen molar-refractivity contribution in [1.82, 2.24) is 0 Å². The zero-order valence-corrected chi connectivity index (χ0v) is 25.7. The molecule has 2 saturated heterocycles. The van der Waals surface area contributed by atoms with Gasteiger partial charge in [-0.2, -0.15) is 0 Å². The summed E-state index contributed by atoms with van der Waals surface area (Å²) in [5, 5.41) is 8.90. The summed E-state index contributed by atoms with van der Waals surface area (Å²) in [5.74, 6) is -0.265. The van der Waals surface area contributed by atoms with Gasteiger partial charge < -0.3 is 24.1 Å². The van der Waals surface area contributed by atoms with Gasteiger partial charge in [0, 0.05) is 50.7 Å². The van der Waals surface area contributed by atoms with Crippen LogP contribution in [0.3, 0.4) is 0 Å². The highest BCUT2D eigenvalue weighted by Crippen LogP contribution is 2.40. The zero-order chi connectivity index (χ0) is 29.7. The molecular weight excluding hydrogens is 536 g/mol. The number of carbonyl (C=O) groups excluding carboxylic acids is 2. The Bertz CT molecular complexity index is 875. The van der Waals surface area contributed by atoms with Crippen molar-refractivity contribution in [1.29, 1.82) is 0 Å². The number of carboxylic acid groups (broad SMARTS) is 1. The normalized spacial score (nSPS) is 32.9. The van der Waals surface area contributed by atoms with E-state index in [-0.39, 0.29) is 61.5 Å². The standard InChI is InChI=1S/C34H54O8/c1-2-3-10-24-15-16-25(21-24)30(41-33-13-6-8-19-39-33)18-17-27-28(22-26(35)11-4-5-12-32(37)38)29(36)23-31(27)42-34-14-7-9-20-40-34/h17-18,24-25,27-28,30-31,33-34H,2-16,19-23H2,1H3,(H,37,38)/t24-,25-,27+,28+,30-,31+,33?,34?/m0/s1. The van der Waals surface area contributed by atoms with Crippen LogP contribution in [0.15, 0.2) is 12.2 Å². The number of hydrogen-bond acceptors (Lipinski definition) is 7. The minimum absolute atomic E-state index is 0.0182. The van der Waals surface area contributed by atoms with Gasteiger partial charge in [-0.1, -0.05) is 44.8 Å². The first-order chi connectivity index (χ1) is 20.4. The third-order valence-corrected chi connectivity index (χ3v) is 9.70. The fourth-order valence-corrected chi connectivity index (χ4v) is 7.28. The fraction of sp³-hybridized carbons (Fsp3) is 0.853. The number of Topliss-reactive ketones (excluding diaryl/α,β-unsaturated/α-hetero) is 2. The van der Waals surface area contributed by atoms with E-state index in [4.69, 9.17) is 24.1 Å². The minimum atomic E-state index is -0.849. The summed E-state index contributed by atoms with van der Waals surface area (Å²) in [7, 11) is 0. The molecule has 4 rings (SSSR count). The third-order valence-electron chi connectivity index (χ3n) is 9.70. The maximum atomic E-state index is 13.3. The number of carboxylic acids is 1. The van der Waals surface area contributed by atoms with Crippen LogP contribution in [-0.2, 0) is 33.3 Å². The minimum Gasteiger partial charge on any atom is -0.481 e. The number of ether oxygens (including phenoxy) is 4. The van der Waals surface area contributed by atoms with Gasteiger partial charge in [0.25, 0.3) is 0 Å². The number of carbonyl (C=O) groups is 3. The molecule has 2 aliphatic carbocycles. The van der Waals surface area contributed by atoms with Crippen molar-refractivity contribution in [2.45, 2.75) is 147 Å². The Kier molecular flexibility index (Phi) is 14.0. The molecule has 0 aromatic heterocycles. The highest BCUT2D eigenvalue weighted by Gasteiger charge is 2.44. The first-order valence-corrected chi connectivity index (χ1v) is 16.9. The number of aliphatic carboxylic acids is 1. The Labute approximate surface area is 252 Å². The van der Waals surface area contributed by atoms with Crippen molar-refractivity contribution in [3.8, 4) is 0 Å². The molecule has 0 amide bonds. The molecule has 2 heterocycles. The highest BCUT2D eigenvalue weighted by atomic mass is 16.7. The molecule has 0 radical (unpaired) electrons. The zero-order valence-electron chi connectivity index (χ0n) is 25.7. The summed E-state index contributed by atoms with van der Waals surface area (Å²) in [6.45, 7) is 3.65. The van der Waals surface area contributed by atoms with Crippen LogP contribution in [0.5, 0.6) is 0 Å². The Balaban J connectivity index is 1.47. The Hall–Kier alpha value is -1.61. The van der Waals surface area contributed by atoms with E-state index in [1.165, 1.54) is 25.7 Å². The lowest BCUT2D eigenvalue weighted by Crippen LogP contribution is -2.32. The number of unbranched alkanes of at least 4 members (excludes halogenated alkanes) is 2. The summed E-state index contributed by atoms with van der Waals surface area (Å²) in [6.07, 6.45) is 18.4. The van der Waals surface area contributed by atoms with E-state index in [0.717, 1.165) is 63.9 Å². The predicted octanol–water partition coefficient (Wildman–Crippen LogP) is 6.78. The van der Waals surface area contributed by atoms with Gasteiger partial charge in [-0.3, -0.25) is 14.4 Å². The van der Waals surface area contributed by atoms with Crippen LogP contribution in [0.25, 0.3) is 0 Å². The molecule has 238 valence electrons. The quantitative estimate of drug-likeness (QED) is 0.146. The lowest BCUT2D eigenvalue weighted by molar-refractivity contribution is -0.193. The van der Waals surface area contributed by atoms with E-state index in [1.807, 2.05) is 0 Å². The molecule has 4 fully saturated rings. The number of hydrogen-bond donors (Lipinski definition) is 1. The van der Waals surface area contributed by atoms with Crippen LogP contribution >= 0.6 is 0 Å². The van der Waals surface area contributed by atoms with Gasteiger partial charge in [0.2, 0.25) is 0 Å². The molecule has 8 atom stereocenters. The topological polar surface area (TPSA) is 108 Å². The average Bonchev–Trinajstić information content (AvgIpc) is 3.57. The van der Waals surface area contributed by atoms with Crippen molar-refractivity contribution in [3.05, 3.63) is 12.2 Å². The molecule has 4 aliphatic rings. The van der Waals surface area contributed by atoms with Crippen LogP contribution < -0.4 is 0 Å². The third kappa shape index (κ3) is 10.5. The fourth-order valence-electron chi connectivity index (χ4n) is 7.28. The largest absolute Gasteiger partial charge is 0.481 e. The molecule has 0 aromatic rings. The van der Waals surface area contributed by atoms with Crippen LogP contribution in [-0.4, -0.2) is 60.6 Å². The van der Waals surface area contributed by atoms with Gasteiger partial charge in [-0.15, -0.1) is 0 Å². The van der Waals surface area contributed by atoms with Crippen molar-refractivity contribution in [2.24, 2.45) is 23.7 Å². The van der Waals surface area contributed by atoms with Gasteiger partial charge in [-0.25, -0.2) is 0 Å². The predicted molar refractivity (Wildman–Crippen MR) is 159 cm³/mol. The summed E-state index contributed by atoms with van der Waals surface area (Å²) in [6, 6.07) is 0. The maximum Gasteiger partial charge on any atom is 0.303 e. The summed E-state index contributed by atoms with van der Waals surface area (Å²) < 4.78 is 24.9. The molecule has 0 spiro atoms. The lowest BCUT2D eigenvalue weighted by atomic mass is 9.87. The van der Waals surface area contributed by atoms with E-state index in [9.17, 15) is 14.4 Å². The van der Waals surface area contributed by atoms with Gasteiger partial charge in [0.15, 0.2) is 12.6 Å². The number of ketones is 2. The second-order valence-electron chi connectivity index (χ2n) is 13.0. The Morgan fingerprint density at radius 3 is 2.40 bits per heavy atom. The second kappa shape index (κ2) is 17.6. The van der Waals surface area contributed by atoms with Gasteiger partial charge in [0.1, 0.15) is 11.6 Å². The first-order valence-electron chi connectivity index (χ1n) is 16.9. The molecule has 2 aliphatic heterocycles. The molecule has 0 bridgehead atoms. The lowest BCUT2D eigenvalue weighted by Gasteiger charge is -2.31. The molecule has 1 N–H and O–H groups in total.